The Kier molecular flexibility index (Phi) is 4.69. The van der Waals surface area contributed by atoms with E-state index >= 15 is 0 Å². The molecule has 0 spiro atoms. The van der Waals surface area contributed by atoms with Crippen LogP contribution in [0.25, 0.3) is 0 Å². The van der Waals surface area contributed by atoms with Crippen LogP contribution in [0, 0.1) is 0 Å². The lowest BCUT2D eigenvalue weighted by molar-refractivity contribution is 0.0360. The molecule has 0 bridgehead atoms. The zero-order chi connectivity index (χ0) is 14.9. The van der Waals surface area contributed by atoms with Crippen LogP contribution in [0.4, 0.5) is 0 Å². The molecule has 1 aromatic carbocycles. The van der Waals surface area contributed by atoms with Gasteiger partial charge in [-0.2, -0.15) is 0 Å². The number of likely N-dealkylation sites (N-methyl/N-ethyl adjacent to an activating group) is 1. The van der Waals surface area contributed by atoms with Gasteiger partial charge in [-0.1, -0.05) is 36.0 Å². The minimum Gasteiger partial charge on any atom is -0.389 e. The predicted octanol–water partition coefficient (Wildman–Crippen LogP) is 2.50. The van der Waals surface area contributed by atoms with Gasteiger partial charge >= 0.3 is 0 Å². The molecule has 0 aromatic heterocycles. The van der Waals surface area contributed by atoms with E-state index in [0.29, 0.717) is 4.99 Å². The largest absolute Gasteiger partial charge is 0.389 e. The average molecular weight is 312 g/mol. The highest BCUT2D eigenvalue weighted by atomic mass is 35.5. The van der Waals surface area contributed by atoms with Crippen LogP contribution >= 0.6 is 23.8 Å². The second-order valence-electron chi connectivity index (χ2n) is 6.12. The van der Waals surface area contributed by atoms with E-state index in [0.717, 1.165) is 42.3 Å². The third-order valence-electron chi connectivity index (χ3n) is 4.13. The van der Waals surface area contributed by atoms with E-state index in [2.05, 4.69) is 30.7 Å². The number of benzene rings is 1. The summed E-state index contributed by atoms with van der Waals surface area (Å²) in [5.74, 6) is 0. The van der Waals surface area contributed by atoms with E-state index in [-0.39, 0.29) is 5.54 Å². The number of hydrogen-bond donors (Lipinski definition) is 1. The highest BCUT2D eigenvalue weighted by Crippen LogP contribution is 2.24. The van der Waals surface area contributed by atoms with Crippen molar-refractivity contribution in [2.24, 2.45) is 5.73 Å². The Balaban J connectivity index is 2.09. The summed E-state index contributed by atoms with van der Waals surface area (Å²) >= 11 is 11.3. The molecule has 1 aliphatic rings. The van der Waals surface area contributed by atoms with E-state index in [1.165, 1.54) is 0 Å². The Bertz CT molecular complexity index is 516. The molecule has 1 aromatic rings. The van der Waals surface area contributed by atoms with E-state index in [4.69, 9.17) is 29.6 Å². The summed E-state index contributed by atoms with van der Waals surface area (Å²) < 4.78 is 0. The van der Waals surface area contributed by atoms with Gasteiger partial charge in [0.05, 0.1) is 0 Å². The van der Waals surface area contributed by atoms with Crippen LogP contribution in [0.1, 0.15) is 25.0 Å². The van der Waals surface area contributed by atoms with Crippen molar-refractivity contribution >= 4 is 28.8 Å². The molecule has 0 radical (unpaired) electrons. The second-order valence-corrected chi connectivity index (χ2v) is 6.96. The lowest BCUT2D eigenvalue weighted by Gasteiger charge is -2.45. The summed E-state index contributed by atoms with van der Waals surface area (Å²) in [5, 5.41) is 0.743. The van der Waals surface area contributed by atoms with E-state index in [9.17, 15) is 0 Å². The van der Waals surface area contributed by atoms with Crippen LogP contribution < -0.4 is 5.73 Å². The Hall–Kier alpha value is -0.680. The fourth-order valence-corrected chi connectivity index (χ4v) is 2.91. The predicted molar refractivity (Wildman–Crippen MR) is 89.3 cm³/mol. The van der Waals surface area contributed by atoms with Crippen molar-refractivity contribution in [1.29, 1.82) is 0 Å². The topological polar surface area (TPSA) is 32.5 Å². The minimum atomic E-state index is 0.198. The zero-order valence-electron chi connectivity index (χ0n) is 12.3. The molecule has 5 heteroatoms. The minimum absolute atomic E-state index is 0.198. The number of hydrogen-bond acceptors (Lipinski definition) is 3. The molecule has 0 unspecified atom stereocenters. The monoisotopic (exact) mass is 311 g/mol. The first-order valence-corrected chi connectivity index (χ1v) is 7.60. The zero-order valence-corrected chi connectivity index (χ0v) is 13.9. The van der Waals surface area contributed by atoms with Crippen molar-refractivity contribution in [2.75, 3.05) is 26.7 Å². The molecule has 20 heavy (non-hydrogen) atoms. The third-order valence-corrected chi connectivity index (χ3v) is 4.71. The van der Waals surface area contributed by atoms with Crippen molar-refractivity contribution in [2.45, 2.75) is 25.9 Å². The first-order valence-electron chi connectivity index (χ1n) is 6.81. The first kappa shape index (κ1) is 15.7. The van der Waals surface area contributed by atoms with E-state index in [1.807, 2.05) is 18.2 Å². The normalized spacial score (nSPS) is 20.0. The molecule has 0 amide bonds. The van der Waals surface area contributed by atoms with E-state index in [1.54, 1.807) is 0 Å². The quantitative estimate of drug-likeness (QED) is 0.869. The lowest BCUT2D eigenvalue weighted by Crippen LogP contribution is -2.57. The van der Waals surface area contributed by atoms with Gasteiger partial charge < -0.3 is 5.73 Å². The second kappa shape index (κ2) is 5.98. The molecule has 110 valence electrons. The highest BCUT2D eigenvalue weighted by Gasteiger charge is 2.30. The molecule has 2 rings (SSSR count). The van der Waals surface area contributed by atoms with Crippen LogP contribution in [-0.2, 0) is 6.54 Å². The summed E-state index contributed by atoms with van der Waals surface area (Å²) in [6, 6.07) is 5.84. The molecule has 3 nitrogen and oxygen atoms in total. The standard InChI is InChI=1S/C15H22ClN3S/c1-15(2)10-19(7-6-18(15)3)9-12-5-4-11(14(17)20)8-13(12)16/h4-5,8H,6-7,9-10H2,1-3H3,(H2,17,20). The maximum Gasteiger partial charge on any atom is 0.104 e. The summed E-state index contributed by atoms with van der Waals surface area (Å²) in [5.41, 5.74) is 7.78. The summed E-state index contributed by atoms with van der Waals surface area (Å²) in [4.78, 5) is 5.24. The van der Waals surface area contributed by atoms with Gasteiger partial charge in [0, 0.05) is 42.3 Å². The van der Waals surface area contributed by atoms with Crippen LogP contribution in [0.3, 0.4) is 0 Å². The molecular weight excluding hydrogens is 290 g/mol. The van der Waals surface area contributed by atoms with Crippen molar-refractivity contribution < 1.29 is 0 Å². The number of nitrogens with zero attached hydrogens (tertiary/aromatic N) is 2. The SMILES string of the molecule is CN1CCN(Cc2ccc(C(N)=S)cc2Cl)CC1(C)C. The number of rotatable bonds is 3. The smallest absolute Gasteiger partial charge is 0.104 e. The Morgan fingerprint density at radius 1 is 1.40 bits per heavy atom. The number of halogens is 1. The van der Waals surface area contributed by atoms with Gasteiger partial charge in [0.1, 0.15) is 4.99 Å². The average Bonchev–Trinajstić information content (AvgIpc) is 2.35. The summed E-state index contributed by atoms with van der Waals surface area (Å²) in [7, 11) is 2.18. The molecular formula is C15H22ClN3S. The van der Waals surface area contributed by atoms with Gasteiger partial charge in [-0.3, -0.25) is 9.80 Å². The number of nitrogens with two attached hydrogens (primary N) is 1. The lowest BCUT2D eigenvalue weighted by atomic mass is 9.99. The first-order chi connectivity index (χ1) is 9.29. The van der Waals surface area contributed by atoms with Gasteiger partial charge in [0.25, 0.3) is 0 Å². The summed E-state index contributed by atoms with van der Waals surface area (Å²) in [6.45, 7) is 8.60. The Labute approximate surface area is 131 Å². The maximum atomic E-state index is 6.34. The van der Waals surface area contributed by atoms with Crippen LogP contribution in [-0.4, -0.2) is 47.0 Å². The Morgan fingerprint density at radius 3 is 2.65 bits per heavy atom. The molecule has 1 fully saturated rings. The van der Waals surface area contributed by atoms with Crippen LogP contribution in [0.15, 0.2) is 18.2 Å². The van der Waals surface area contributed by atoms with Gasteiger partial charge in [0.15, 0.2) is 0 Å². The molecule has 1 saturated heterocycles. The molecule has 0 aliphatic carbocycles. The van der Waals surface area contributed by atoms with Crippen molar-refractivity contribution in [3.63, 3.8) is 0 Å². The third kappa shape index (κ3) is 3.50. The van der Waals surface area contributed by atoms with Crippen LogP contribution in [0.5, 0.6) is 0 Å². The fourth-order valence-electron chi connectivity index (χ4n) is 2.55. The Morgan fingerprint density at radius 2 is 2.10 bits per heavy atom. The van der Waals surface area contributed by atoms with Crippen molar-refractivity contribution in [3.05, 3.63) is 34.3 Å². The van der Waals surface area contributed by atoms with Gasteiger partial charge in [-0.25, -0.2) is 0 Å². The number of thiocarbonyl (C=S) groups is 1. The molecule has 0 atom stereocenters. The molecule has 2 N–H and O–H groups in total. The summed E-state index contributed by atoms with van der Waals surface area (Å²) in [6.07, 6.45) is 0. The fraction of sp³-hybridized carbons (Fsp3) is 0.533. The molecule has 0 saturated carbocycles. The van der Waals surface area contributed by atoms with Crippen molar-refractivity contribution in [3.8, 4) is 0 Å². The molecule has 1 aliphatic heterocycles. The van der Waals surface area contributed by atoms with E-state index < -0.39 is 0 Å². The van der Waals surface area contributed by atoms with Gasteiger partial charge in [0.2, 0.25) is 0 Å². The van der Waals surface area contributed by atoms with Crippen LogP contribution in [0.2, 0.25) is 5.02 Å². The maximum absolute atomic E-state index is 6.34. The highest BCUT2D eigenvalue weighted by molar-refractivity contribution is 7.80. The van der Waals surface area contributed by atoms with Crippen molar-refractivity contribution in [1.82, 2.24) is 9.80 Å². The number of piperazine rings is 1. The van der Waals surface area contributed by atoms with Gasteiger partial charge in [-0.05, 0) is 32.5 Å². The van der Waals surface area contributed by atoms with Gasteiger partial charge in [-0.15, -0.1) is 0 Å². The molecule has 1 heterocycles.